The fourth-order valence-electron chi connectivity index (χ4n) is 3.86. The summed E-state index contributed by atoms with van der Waals surface area (Å²) in [5, 5.41) is 3.95. The van der Waals surface area contributed by atoms with Crippen molar-refractivity contribution in [3.8, 4) is 0 Å². The zero-order chi connectivity index (χ0) is 14.0. The summed E-state index contributed by atoms with van der Waals surface area (Å²) < 4.78 is 0. The minimum atomic E-state index is 0.497. The molecule has 1 saturated heterocycles. The maximum atomic E-state index is 3.95. The lowest BCUT2D eigenvalue weighted by Gasteiger charge is -2.38. The molecule has 1 heterocycles. The van der Waals surface area contributed by atoms with E-state index in [1.165, 1.54) is 50.9 Å². The van der Waals surface area contributed by atoms with Crippen molar-refractivity contribution in [3.63, 3.8) is 0 Å². The lowest BCUT2D eigenvalue weighted by molar-refractivity contribution is 0.246. The van der Waals surface area contributed by atoms with Crippen molar-refractivity contribution in [2.45, 2.75) is 58.0 Å². The first kappa shape index (κ1) is 13.9. The molecule has 0 aromatic heterocycles. The summed E-state index contributed by atoms with van der Waals surface area (Å²) in [4.78, 5) is 2.53. The fraction of sp³-hybridized carbons (Fsp3) is 0.667. The van der Waals surface area contributed by atoms with E-state index >= 15 is 0 Å². The highest BCUT2D eigenvalue weighted by atomic mass is 15.1. The first-order valence-electron chi connectivity index (χ1n) is 8.21. The molecule has 3 rings (SSSR count). The van der Waals surface area contributed by atoms with E-state index in [-0.39, 0.29) is 0 Å². The quantitative estimate of drug-likeness (QED) is 0.900. The molecule has 1 aromatic rings. The van der Waals surface area contributed by atoms with Crippen LogP contribution in [-0.2, 0) is 0 Å². The van der Waals surface area contributed by atoms with Crippen molar-refractivity contribution >= 4 is 5.69 Å². The molecular formula is C18H28N2. The smallest absolute Gasteiger partial charge is 0.0366 e. The molecule has 1 aromatic carbocycles. The molecule has 1 atom stereocenters. The maximum Gasteiger partial charge on any atom is 0.0366 e. The Morgan fingerprint density at radius 2 is 1.75 bits per heavy atom. The number of hydrogen-bond donors (Lipinski definition) is 1. The van der Waals surface area contributed by atoms with E-state index in [0.29, 0.717) is 5.41 Å². The zero-order valence-corrected chi connectivity index (χ0v) is 12.9. The van der Waals surface area contributed by atoms with E-state index < -0.39 is 0 Å². The molecule has 1 unspecified atom stereocenters. The van der Waals surface area contributed by atoms with Gasteiger partial charge in [-0.25, -0.2) is 0 Å². The first-order chi connectivity index (χ1) is 9.65. The first-order valence-corrected chi connectivity index (χ1v) is 8.21. The Balaban J connectivity index is 1.52. The number of rotatable bonds is 3. The predicted octanol–water partition coefficient (Wildman–Crippen LogP) is 3.82. The van der Waals surface area contributed by atoms with Gasteiger partial charge in [-0.05, 0) is 43.2 Å². The Bertz CT molecular complexity index is 418. The minimum absolute atomic E-state index is 0.497. The van der Waals surface area contributed by atoms with E-state index in [1.54, 1.807) is 0 Å². The third kappa shape index (κ3) is 3.01. The van der Waals surface area contributed by atoms with E-state index in [1.807, 2.05) is 0 Å². The predicted molar refractivity (Wildman–Crippen MR) is 86.2 cm³/mol. The van der Waals surface area contributed by atoms with Crippen LogP contribution in [0.5, 0.6) is 0 Å². The van der Waals surface area contributed by atoms with Crippen LogP contribution in [-0.4, -0.2) is 25.2 Å². The van der Waals surface area contributed by atoms with Gasteiger partial charge in [0.15, 0.2) is 0 Å². The molecule has 1 N–H and O–H groups in total. The largest absolute Gasteiger partial charge is 0.371 e. The lowest BCUT2D eigenvalue weighted by Crippen LogP contribution is -2.49. The van der Waals surface area contributed by atoms with Crippen LogP contribution >= 0.6 is 0 Å². The Labute approximate surface area is 123 Å². The highest BCUT2D eigenvalue weighted by molar-refractivity contribution is 5.46. The van der Waals surface area contributed by atoms with Crippen LogP contribution in [0.3, 0.4) is 0 Å². The van der Waals surface area contributed by atoms with Crippen molar-refractivity contribution in [1.82, 2.24) is 5.32 Å². The fourth-order valence-corrected chi connectivity index (χ4v) is 3.86. The second kappa shape index (κ2) is 5.77. The van der Waals surface area contributed by atoms with Gasteiger partial charge in [-0.1, -0.05) is 38.5 Å². The van der Waals surface area contributed by atoms with Gasteiger partial charge in [0.25, 0.3) is 0 Å². The lowest BCUT2D eigenvalue weighted by atomic mass is 9.86. The van der Waals surface area contributed by atoms with E-state index in [4.69, 9.17) is 0 Å². The summed E-state index contributed by atoms with van der Waals surface area (Å²) in [5.74, 6) is 0. The molecule has 2 aliphatic rings. The van der Waals surface area contributed by atoms with E-state index in [9.17, 15) is 0 Å². The Morgan fingerprint density at radius 3 is 2.35 bits per heavy atom. The van der Waals surface area contributed by atoms with Crippen molar-refractivity contribution < 1.29 is 0 Å². The Kier molecular flexibility index (Phi) is 4.02. The van der Waals surface area contributed by atoms with Crippen molar-refractivity contribution in [2.24, 2.45) is 5.41 Å². The molecule has 0 bridgehead atoms. The molecule has 1 aliphatic heterocycles. The van der Waals surface area contributed by atoms with Gasteiger partial charge < -0.3 is 10.2 Å². The number of anilines is 1. The van der Waals surface area contributed by atoms with E-state index in [0.717, 1.165) is 12.1 Å². The van der Waals surface area contributed by atoms with Gasteiger partial charge in [-0.3, -0.25) is 0 Å². The number of para-hydroxylation sites is 1. The zero-order valence-electron chi connectivity index (χ0n) is 12.9. The second-order valence-electron chi connectivity index (χ2n) is 7.20. The van der Waals surface area contributed by atoms with Crippen LogP contribution < -0.4 is 10.2 Å². The third-order valence-electron chi connectivity index (χ3n) is 5.31. The molecule has 0 radical (unpaired) electrons. The van der Waals surface area contributed by atoms with Gasteiger partial charge in [0.1, 0.15) is 0 Å². The molecule has 2 nitrogen and oxygen atoms in total. The SMILES string of the molecule is CC1(C)CCCC1NC1CCN(c2ccccc2)CC1. The van der Waals surface area contributed by atoms with Crippen molar-refractivity contribution in [3.05, 3.63) is 30.3 Å². The number of piperidine rings is 1. The van der Waals surface area contributed by atoms with Crippen LogP contribution in [0.25, 0.3) is 0 Å². The molecule has 0 spiro atoms. The van der Waals surface area contributed by atoms with Gasteiger partial charge in [0, 0.05) is 30.9 Å². The van der Waals surface area contributed by atoms with Crippen LogP contribution in [0.4, 0.5) is 5.69 Å². The minimum Gasteiger partial charge on any atom is -0.371 e. The van der Waals surface area contributed by atoms with E-state index in [2.05, 4.69) is 54.4 Å². The van der Waals surface area contributed by atoms with Gasteiger partial charge in [0.2, 0.25) is 0 Å². The second-order valence-corrected chi connectivity index (χ2v) is 7.20. The number of nitrogens with zero attached hydrogens (tertiary/aromatic N) is 1. The molecule has 2 fully saturated rings. The van der Waals surface area contributed by atoms with Crippen LogP contribution in [0.1, 0.15) is 46.0 Å². The van der Waals surface area contributed by atoms with Crippen molar-refractivity contribution in [2.75, 3.05) is 18.0 Å². The molecule has 0 amide bonds. The number of hydrogen-bond acceptors (Lipinski definition) is 2. The number of benzene rings is 1. The van der Waals surface area contributed by atoms with Crippen LogP contribution in [0.2, 0.25) is 0 Å². The van der Waals surface area contributed by atoms with Gasteiger partial charge in [0.05, 0.1) is 0 Å². The number of nitrogens with one attached hydrogen (secondary N) is 1. The molecule has 1 saturated carbocycles. The van der Waals surface area contributed by atoms with Crippen LogP contribution in [0, 0.1) is 5.41 Å². The standard InChI is InChI=1S/C18H28N2/c1-18(2)12-6-9-17(18)19-15-10-13-20(14-11-15)16-7-4-3-5-8-16/h3-5,7-8,15,17,19H,6,9-14H2,1-2H3. The summed E-state index contributed by atoms with van der Waals surface area (Å²) in [6.45, 7) is 7.23. The summed E-state index contributed by atoms with van der Waals surface area (Å²) >= 11 is 0. The van der Waals surface area contributed by atoms with Crippen LogP contribution in [0.15, 0.2) is 30.3 Å². The molecule has 1 aliphatic carbocycles. The van der Waals surface area contributed by atoms with Gasteiger partial charge >= 0.3 is 0 Å². The molecule has 110 valence electrons. The average molecular weight is 272 g/mol. The third-order valence-corrected chi connectivity index (χ3v) is 5.31. The Hall–Kier alpha value is -1.02. The maximum absolute atomic E-state index is 3.95. The summed E-state index contributed by atoms with van der Waals surface area (Å²) in [6, 6.07) is 12.3. The normalized spacial score (nSPS) is 26.9. The monoisotopic (exact) mass is 272 g/mol. The summed E-state index contributed by atoms with van der Waals surface area (Å²) in [7, 11) is 0. The molecule has 2 heteroatoms. The highest BCUT2D eigenvalue weighted by Gasteiger charge is 2.35. The Morgan fingerprint density at radius 1 is 1.05 bits per heavy atom. The molecule has 20 heavy (non-hydrogen) atoms. The summed E-state index contributed by atoms with van der Waals surface area (Å²) in [5.41, 5.74) is 1.88. The van der Waals surface area contributed by atoms with Gasteiger partial charge in [-0.15, -0.1) is 0 Å². The van der Waals surface area contributed by atoms with Gasteiger partial charge in [-0.2, -0.15) is 0 Å². The summed E-state index contributed by atoms with van der Waals surface area (Å²) in [6.07, 6.45) is 6.70. The average Bonchev–Trinajstić information content (AvgIpc) is 2.80. The topological polar surface area (TPSA) is 15.3 Å². The highest BCUT2D eigenvalue weighted by Crippen LogP contribution is 2.37. The van der Waals surface area contributed by atoms with Crippen molar-refractivity contribution in [1.29, 1.82) is 0 Å². The molecular weight excluding hydrogens is 244 g/mol.